The van der Waals surface area contributed by atoms with Crippen molar-refractivity contribution in [1.82, 2.24) is 20.4 Å². The van der Waals surface area contributed by atoms with E-state index in [0.717, 1.165) is 31.9 Å². The Bertz CT molecular complexity index is 365. The van der Waals surface area contributed by atoms with E-state index in [9.17, 15) is 0 Å². The van der Waals surface area contributed by atoms with Crippen LogP contribution in [0.15, 0.2) is 10.9 Å². The van der Waals surface area contributed by atoms with Crippen LogP contribution in [0.5, 0.6) is 0 Å². The Labute approximate surface area is 109 Å². The zero-order valence-electron chi connectivity index (χ0n) is 11.8. The average molecular weight is 252 g/mol. The molecule has 0 spiro atoms. The molecule has 5 nitrogen and oxygen atoms in total. The van der Waals surface area contributed by atoms with E-state index in [0.29, 0.717) is 12.0 Å². The maximum atomic E-state index is 4.83. The summed E-state index contributed by atoms with van der Waals surface area (Å²) in [6.45, 7) is 11.9. The Morgan fingerprint density at radius 1 is 1.61 bits per heavy atom. The summed E-state index contributed by atoms with van der Waals surface area (Å²) < 4.78 is 4.83. The average Bonchev–Trinajstić information content (AvgIpc) is 2.81. The van der Waals surface area contributed by atoms with Crippen LogP contribution >= 0.6 is 0 Å². The largest absolute Gasteiger partial charge is 0.343 e. The Hall–Kier alpha value is -0.940. The van der Waals surface area contributed by atoms with Crippen LogP contribution in [-0.4, -0.2) is 39.7 Å². The lowest BCUT2D eigenvalue weighted by Crippen LogP contribution is -2.63. The van der Waals surface area contributed by atoms with Crippen LogP contribution in [0.2, 0.25) is 0 Å². The van der Waals surface area contributed by atoms with Crippen LogP contribution in [0.4, 0.5) is 0 Å². The monoisotopic (exact) mass is 252 g/mol. The minimum Gasteiger partial charge on any atom is -0.343 e. The fraction of sp³-hybridized carbons (Fsp3) is 0.846. The summed E-state index contributed by atoms with van der Waals surface area (Å²) in [5, 5.41) is 7.61. The zero-order chi connectivity index (χ0) is 13.2. The molecule has 1 fully saturated rings. The van der Waals surface area contributed by atoms with E-state index in [-0.39, 0.29) is 5.54 Å². The predicted molar refractivity (Wildman–Crippen MR) is 70.0 cm³/mol. The van der Waals surface area contributed by atoms with Gasteiger partial charge in [-0.2, -0.15) is 4.98 Å². The van der Waals surface area contributed by atoms with Crippen LogP contribution in [-0.2, 0) is 6.54 Å². The fourth-order valence-corrected chi connectivity index (χ4v) is 2.61. The summed E-state index contributed by atoms with van der Waals surface area (Å²) in [7, 11) is 0. The quantitative estimate of drug-likeness (QED) is 0.883. The maximum absolute atomic E-state index is 4.83. The number of hydrogen-bond donors (Lipinski definition) is 1. The van der Waals surface area contributed by atoms with Gasteiger partial charge >= 0.3 is 0 Å². The van der Waals surface area contributed by atoms with Crippen molar-refractivity contribution < 1.29 is 4.52 Å². The molecular weight excluding hydrogens is 228 g/mol. The third-order valence-corrected chi connectivity index (χ3v) is 4.06. The van der Waals surface area contributed by atoms with Gasteiger partial charge in [0.25, 0.3) is 0 Å². The highest BCUT2D eigenvalue weighted by molar-refractivity contribution is 4.96. The first-order chi connectivity index (χ1) is 8.54. The first-order valence-electron chi connectivity index (χ1n) is 6.78. The van der Waals surface area contributed by atoms with Gasteiger partial charge in [-0.15, -0.1) is 0 Å². The number of nitrogens with one attached hydrogen (secondary N) is 1. The van der Waals surface area contributed by atoms with Crippen molar-refractivity contribution in [2.24, 2.45) is 5.92 Å². The second kappa shape index (κ2) is 5.36. The molecule has 1 aliphatic heterocycles. The van der Waals surface area contributed by atoms with Crippen molar-refractivity contribution in [1.29, 1.82) is 0 Å². The summed E-state index contributed by atoms with van der Waals surface area (Å²) in [4.78, 5) is 6.62. The topological polar surface area (TPSA) is 54.2 Å². The van der Waals surface area contributed by atoms with Crippen molar-refractivity contribution in [3.05, 3.63) is 12.2 Å². The lowest BCUT2D eigenvalue weighted by molar-refractivity contribution is 0.0513. The number of nitrogens with zero attached hydrogens (tertiary/aromatic N) is 3. The molecule has 0 radical (unpaired) electrons. The Morgan fingerprint density at radius 2 is 2.39 bits per heavy atom. The van der Waals surface area contributed by atoms with Gasteiger partial charge in [0.15, 0.2) is 5.82 Å². The molecule has 0 aliphatic carbocycles. The first-order valence-corrected chi connectivity index (χ1v) is 6.78. The number of aromatic nitrogens is 2. The highest BCUT2D eigenvalue weighted by Crippen LogP contribution is 2.23. The van der Waals surface area contributed by atoms with Crippen molar-refractivity contribution in [2.75, 3.05) is 13.1 Å². The standard InChI is InChI=1S/C13H24N4O/c1-5-13(4)8-17(7-12-14-9-18-16-12)11(6-15-13)10(2)3/h9-11,15H,5-8H2,1-4H3. The zero-order valence-corrected chi connectivity index (χ0v) is 11.8. The second-order valence-electron chi connectivity index (χ2n) is 5.86. The lowest BCUT2D eigenvalue weighted by atomic mass is 9.90. The summed E-state index contributed by atoms with van der Waals surface area (Å²) >= 11 is 0. The smallest absolute Gasteiger partial charge is 0.213 e. The van der Waals surface area contributed by atoms with Gasteiger partial charge in [-0.3, -0.25) is 4.90 Å². The van der Waals surface area contributed by atoms with E-state index in [4.69, 9.17) is 4.52 Å². The molecule has 18 heavy (non-hydrogen) atoms. The molecule has 5 heteroatoms. The normalized spacial score (nSPS) is 29.9. The molecule has 2 unspecified atom stereocenters. The molecule has 0 saturated carbocycles. The van der Waals surface area contributed by atoms with Crippen LogP contribution in [0, 0.1) is 5.92 Å². The van der Waals surface area contributed by atoms with Crippen molar-refractivity contribution in [2.45, 2.75) is 52.2 Å². The molecule has 2 heterocycles. The van der Waals surface area contributed by atoms with Crippen molar-refractivity contribution in [3.63, 3.8) is 0 Å². The maximum Gasteiger partial charge on any atom is 0.213 e. The highest BCUT2D eigenvalue weighted by atomic mass is 16.5. The van der Waals surface area contributed by atoms with Gasteiger partial charge in [-0.05, 0) is 19.3 Å². The minimum absolute atomic E-state index is 0.190. The molecule has 1 aromatic rings. The molecule has 0 amide bonds. The van der Waals surface area contributed by atoms with E-state index in [2.05, 4.69) is 48.1 Å². The highest BCUT2D eigenvalue weighted by Gasteiger charge is 2.36. The predicted octanol–water partition coefficient (Wildman–Crippen LogP) is 1.67. The van der Waals surface area contributed by atoms with E-state index < -0.39 is 0 Å². The molecule has 1 saturated heterocycles. The summed E-state index contributed by atoms with van der Waals surface area (Å²) in [5.74, 6) is 1.40. The molecule has 2 rings (SSSR count). The minimum atomic E-state index is 0.190. The summed E-state index contributed by atoms with van der Waals surface area (Å²) in [6.07, 6.45) is 2.53. The second-order valence-corrected chi connectivity index (χ2v) is 5.86. The van der Waals surface area contributed by atoms with Gasteiger partial charge in [0.05, 0.1) is 6.54 Å². The number of rotatable bonds is 4. The lowest BCUT2D eigenvalue weighted by Gasteiger charge is -2.47. The van der Waals surface area contributed by atoms with Crippen molar-refractivity contribution in [3.8, 4) is 0 Å². The molecule has 1 aliphatic rings. The van der Waals surface area contributed by atoms with Gasteiger partial charge in [0.2, 0.25) is 6.39 Å². The van der Waals surface area contributed by atoms with Gasteiger partial charge in [0.1, 0.15) is 0 Å². The molecule has 2 atom stereocenters. The van der Waals surface area contributed by atoms with Crippen LogP contribution in [0.3, 0.4) is 0 Å². The van der Waals surface area contributed by atoms with Gasteiger partial charge in [-0.1, -0.05) is 25.9 Å². The molecular formula is C13H24N4O. The third-order valence-electron chi connectivity index (χ3n) is 4.06. The van der Waals surface area contributed by atoms with E-state index >= 15 is 0 Å². The molecule has 1 aromatic heterocycles. The van der Waals surface area contributed by atoms with Crippen LogP contribution < -0.4 is 5.32 Å². The molecule has 1 N–H and O–H groups in total. The van der Waals surface area contributed by atoms with Crippen LogP contribution in [0.1, 0.15) is 39.9 Å². The van der Waals surface area contributed by atoms with E-state index in [1.807, 2.05) is 0 Å². The van der Waals surface area contributed by atoms with Crippen molar-refractivity contribution >= 4 is 0 Å². The number of hydrogen-bond acceptors (Lipinski definition) is 5. The molecule has 102 valence electrons. The fourth-order valence-electron chi connectivity index (χ4n) is 2.61. The van der Waals surface area contributed by atoms with Gasteiger partial charge in [0, 0.05) is 24.7 Å². The Kier molecular flexibility index (Phi) is 4.02. The Morgan fingerprint density at radius 3 is 2.94 bits per heavy atom. The first kappa shape index (κ1) is 13.5. The SMILES string of the molecule is CCC1(C)CN(Cc2ncon2)C(C(C)C)CN1. The third kappa shape index (κ3) is 2.90. The molecule has 0 bridgehead atoms. The number of piperazine rings is 1. The van der Waals surface area contributed by atoms with Gasteiger partial charge < -0.3 is 9.84 Å². The van der Waals surface area contributed by atoms with E-state index in [1.54, 1.807) is 0 Å². The summed E-state index contributed by atoms with van der Waals surface area (Å²) in [5.41, 5.74) is 0.190. The summed E-state index contributed by atoms with van der Waals surface area (Å²) in [6, 6.07) is 0.531. The van der Waals surface area contributed by atoms with E-state index in [1.165, 1.54) is 6.39 Å². The molecule has 0 aromatic carbocycles. The van der Waals surface area contributed by atoms with Crippen LogP contribution in [0.25, 0.3) is 0 Å². The Balaban J connectivity index is 2.09. The van der Waals surface area contributed by atoms with Gasteiger partial charge in [-0.25, -0.2) is 0 Å².